The summed E-state index contributed by atoms with van der Waals surface area (Å²) in [5, 5.41) is 3.50. The Morgan fingerprint density at radius 3 is 2.19 bits per heavy atom. The summed E-state index contributed by atoms with van der Waals surface area (Å²) in [6.45, 7) is 1.09. The van der Waals surface area contributed by atoms with E-state index in [2.05, 4.69) is 5.32 Å². The number of piperazine rings is 1. The van der Waals surface area contributed by atoms with Crippen molar-refractivity contribution in [1.82, 2.24) is 9.21 Å². The Bertz CT molecular complexity index is 899. The average molecular weight is 414 g/mol. The Kier molecular flexibility index (Phi) is 5.72. The Balaban J connectivity index is 1.61. The maximum Gasteiger partial charge on any atom is 0.321 e. The maximum absolute atomic E-state index is 12.6. The van der Waals surface area contributed by atoms with Crippen LogP contribution in [0.2, 0.25) is 10.0 Å². The molecule has 6 nitrogen and oxygen atoms in total. The molecule has 26 heavy (non-hydrogen) atoms. The maximum atomic E-state index is 12.6. The lowest BCUT2D eigenvalue weighted by molar-refractivity contribution is 0.184. The van der Waals surface area contributed by atoms with Gasteiger partial charge in [-0.15, -0.1) is 0 Å². The summed E-state index contributed by atoms with van der Waals surface area (Å²) in [7, 11) is -3.54. The summed E-state index contributed by atoms with van der Waals surface area (Å²) in [6.07, 6.45) is 0. The highest BCUT2D eigenvalue weighted by molar-refractivity contribution is 7.89. The molecule has 2 aromatic carbocycles. The van der Waals surface area contributed by atoms with Gasteiger partial charge in [0, 0.05) is 31.9 Å². The van der Waals surface area contributed by atoms with Gasteiger partial charge in [0.1, 0.15) is 0 Å². The fourth-order valence-electron chi connectivity index (χ4n) is 2.65. The van der Waals surface area contributed by atoms with Gasteiger partial charge in [0.25, 0.3) is 0 Å². The van der Waals surface area contributed by atoms with E-state index >= 15 is 0 Å². The molecule has 0 spiro atoms. The highest BCUT2D eigenvalue weighted by Gasteiger charge is 2.30. The number of halogens is 2. The molecule has 138 valence electrons. The quantitative estimate of drug-likeness (QED) is 0.836. The molecule has 0 aromatic heterocycles. The molecule has 3 rings (SSSR count). The largest absolute Gasteiger partial charge is 0.322 e. The van der Waals surface area contributed by atoms with E-state index in [1.54, 1.807) is 53.4 Å². The molecule has 0 radical (unpaired) electrons. The first-order valence-corrected chi connectivity index (χ1v) is 10.1. The van der Waals surface area contributed by atoms with Gasteiger partial charge in [0.15, 0.2) is 0 Å². The van der Waals surface area contributed by atoms with Gasteiger partial charge in [-0.3, -0.25) is 0 Å². The van der Waals surface area contributed by atoms with Gasteiger partial charge >= 0.3 is 6.03 Å². The van der Waals surface area contributed by atoms with E-state index in [1.807, 2.05) is 0 Å². The molecule has 9 heteroatoms. The minimum absolute atomic E-state index is 0.242. The van der Waals surface area contributed by atoms with Crippen LogP contribution < -0.4 is 5.32 Å². The zero-order valence-corrected chi connectivity index (χ0v) is 16.1. The zero-order valence-electron chi connectivity index (χ0n) is 13.7. The minimum Gasteiger partial charge on any atom is -0.322 e. The number of sulfonamides is 1. The van der Waals surface area contributed by atoms with E-state index in [9.17, 15) is 13.2 Å². The molecule has 2 amide bonds. The first kappa shape index (κ1) is 19.0. The molecule has 0 unspecified atom stereocenters. The molecule has 1 saturated heterocycles. The van der Waals surface area contributed by atoms with E-state index in [0.29, 0.717) is 28.8 Å². The lowest BCUT2D eigenvalue weighted by Gasteiger charge is -2.34. The number of nitrogens with one attached hydrogen (secondary N) is 1. The highest BCUT2D eigenvalue weighted by atomic mass is 35.5. The average Bonchev–Trinajstić information content (AvgIpc) is 2.65. The molecule has 1 aliphatic heterocycles. The molecular formula is C17H17Cl2N3O3S. The molecule has 1 aliphatic rings. The number of hydrogen-bond acceptors (Lipinski definition) is 3. The fraction of sp³-hybridized carbons (Fsp3) is 0.235. The first-order valence-electron chi connectivity index (χ1n) is 7.94. The molecular weight excluding hydrogens is 397 g/mol. The van der Waals surface area contributed by atoms with E-state index in [1.165, 1.54) is 4.31 Å². The summed E-state index contributed by atoms with van der Waals surface area (Å²) >= 11 is 11.8. The van der Waals surface area contributed by atoms with E-state index in [4.69, 9.17) is 23.2 Å². The zero-order chi connectivity index (χ0) is 18.7. The van der Waals surface area contributed by atoms with Crippen molar-refractivity contribution in [3.8, 4) is 0 Å². The molecule has 1 N–H and O–H groups in total. The Morgan fingerprint density at radius 2 is 1.58 bits per heavy atom. The van der Waals surface area contributed by atoms with Crippen molar-refractivity contribution in [3.05, 3.63) is 58.6 Å². The van der Waals surface area contributed by atoms with Crippen LogP contribution in [0.15, 0.2) is 53.4 Å². The number of carbonyl (C=O) groups is 1. The summed E-state index contributed by atoms with van der Waals surface area (Å²) in [4.78, 5) is 14.2. The number of amides is 2. The standard InChI is InChI=1S/C17H17Cl2N3O3S/c18-15-7-6-13(12-16(15)19)20-17(23)21-8-10-22(11-9-21)26(24,25)14-4-2-1-3-5-14/h1-7,12H,8-11H2,(H,20,23). The first-order chi connectivity index (χ1) is 12.4. The van der Waals surface area contributed by atoms with E-state index in [0.717, 1.165) is 0 Å². The van der Waals surface area contributed by atoms with Crippen LogP contribution in [0.4, 0.5) is 10.5 Å². The number of nitrogens with zero attached hydrogens (tertiary/aromatic N) is 2. The van der Waals surface area contributed by atoms with Crippen molar-refractivity contribution in [1.29, 1.82) is 0 Å². The van der Waals surface area contributed by atoms with Gasteiger partial charge in [-0.25, -0.2) is 13.2 Å². The molecule has 2 aromatic rings. The highest BCUT2D eigenvalue weighted by Crippen LogP contribution is 2.25. The van der Waals surface area contributed by atoms with Crippen molar-refractivity contribution >= 4 is 44.9 Å². The smallest absolute Gasteiger partial charge is 0.321 e. The van der Waals surface area contributed by atoms with E-state index < -0.39 is 10.0 Å². The van der Waals surface area contributed by atoms with Gasteiger partial charge in [-0.1, -0.05) is 41.4 Å². The molecule has 1 heterocycles. The third kappa shape index (κ3) is 4.12. The minimum atomic E-state index is -3.54. The summed E-state index contributed by atoms with van der Waals surface area (Å²) in [6, 6.07) is 12.8. The predicted octanol–water partition coefficient (Wildman–Crippen LogP) is 3.53. The van der Waals surface area contributed by atoms with Crippen molar-refractivity contribution in [2.45, 2.75) is 4.90 Å². The molecule has 0 atom stereocenters. The van der Waals surface area contributed by atoms with Crippen molar-refractivity contribution in [2.24, 2.45) is 0 Å². The number of urea groups is 1. The van der Waals surface area contributed by atoms with Crippen LogP contribution in [0.5, 0.6) is 0 Å². The monoisotopic (exact) mass is 413 g/mol. The predicted molar refractivity (Wildman–Crippen MR) is 102 cm³/mol. The molecule has 0 bridgehead atoms. The number of anilines is 1. The van der Waals surface area contributed by atoms with Crippen molar-refractivity contribution in [2.75, 3.05) is 31.5 Å². The second-order valence-electron chi connectivity index (χ2n) is 5.76. The van der Waals surface area contributed by atoms with Crippen LogP contribution in [0.1, 0.15) is 0 Å². The van der Waals surface area contributed by atoms with Gasteiger partial charge in [-0.05, 0) is 30.3 Å². The SMILES string of the molecule is O=C(Nc1ccc(Cl)c(Cl)c1)N1CCN(S(=O)(=O)c2ccccc2)CC1. The van der Waals surface area contributed by atoms with Crippen molar-refractivity contribution in [3.63, 3.8) is 0 Å². The van der Waals surface area contributed by atoms with Crippen LogP contribution in [0.25, 0.3) is 0 Å². The van der Waals surface area contributed by atoms with Crippen molar-refractivity contribution < 1.29 is 13.2 Å². The van der Waals surface area contributed by atoms with Crippen LogP contribution in [-0.4, -0.2) is 49.8 Å². The van der Waals surface area contributed by atoms with Gasteiger partial charge in [-0.2, -0.15) is 4.31 Å². The second-order valence-corrected chi connectivity index (χ2v) is 8.52. The fourth-order valence-corrected chi connectivity index (χ4v) is 4.39. The second kappa shape index (κ2) is 7.84. The molecule has 0 saturated carbocycles. The Morgan fingerprint density at radius 1 is 0.923 bits per heavy atom. The Labute approximate surface area is 162 Å². The number of carbonyl (C=O) groups excluding carboxylic acids is 1. The van der Waals surface area contributed by atoms with Crippen LogP contribution >= 0.6 is 23.2 Å². The molecule has 1 fully saturated rings. The van der Waals surface area contributed by atoms with Gasteiger partial charge < -0.3 is 10.2 Å². The van der Waals surface area contributed by atoms with Gasteiger partial charge in [0.05, 0.1) is 14.9 Å². The third-order valence-corrected chi connectivity index (χ3v) is 6.73. The summed E-state index contributed by atoms with van der Waals surface area (Å²) < 4.78 is 26.6. The number of rotatable bonds is 3. The number of hydrogen-bond donors (Lipinski definition) is 1. The van der Waals surface area contributed by atoms with Crippen LogP contribution in [0.3, 0.4) is 0 Å². The van der Waals surface area contributed by atoms with Gasteiger partial charge in [0.2, 0.25) is 10.0 Å². The summed E-state index contributed by atoms with van der Waals surface area (Å²) in [5.41, 5.74) is 0.531. The lowest BCUT2D eigenvalue weighted by Crippen LogP contribution is -2.51. The normalized spacial score (nSPS) is 15.7. The van der Waals surface area contributed by atoms with Crippen LogP contribution in [-0.2, 0) is 10.0 Å². The Hall–Kier alpha value is -1.80. The third-order valence-electron chi connectivity index (χ3n) is 4.08. The van der Waals surface area contributed by atoms with Crippen LogP contribution in [0, 0.1) is 0 Å². The summed E-state index contributed by atoms with van der Waals surface area (Å²) in [5.74, 6) is 0. The lowest BCUT2D eigenvalue weighted by atomic mass is 10.3. The van der Waals surface area contributed by atoms with E-state index in [-0.39, 0.29) is 24.0 Å². The molecule has 0 aliphatic carbocycles. The number of benzene rings is 2. The topological polar surface area (TPSA) is 69.7 Å².